The Morgan fingerprint density at radius 2 is 1.96 bits per heavy atom. The number of rotatable bonds is 5. The first kappa shape index (κ1) is 14.5. The van der Waals surface area contributed by atoms with E-state index in [0.717, 1.165) is 43.5 Å². The number of hydrogen-bond acceptors (Lipinski definition) is 6. The zero-order valence-corrected chi connectivity index (χ0v) is 13.5. The van der Waals surface area contributed by atoms with Crippen LogP contribution in [0.4, 0.5) is 5.82 Å². The average molecular weight is 310 g/mol. The fraction of sp³-hybridized carbons (Fsp3) is 0.529. The van der Waals surface area contributed by atoms with Gasteiger partial charge < -0.3 is 4.90 Å². The van der Waals surface area contributed by atoms with Crippen molar-refractivity contribution in [1.82, 2.24) is 24.8 Å². The number of nitrogens with zero attached hydrogens (tertiary/aromatic N) is 6. The Balaban J connectivity index is 1.39. The van der Waals surface area contributed by atoms with Gasteiger partial charge in [-0.1, -0.05) is 0 Å². The summed E-state index contributed by atoms with van der Waals surface area (Å²) in [5, 5.41) is 0. The predicted molar refractivity (Wildman–Crippen MR) is 88.1 cm³/mol. The lowest BCUT2D eigenvalue weighted by molar-refractivity contribution is 0.244. The Hall–Kier alpha value is -2.08. The maximum absolute atomic E-state index is 4.77. The van der Waals surface area contributed by atoms with Gasteiger partial charge in [-0.05, 0) is 38.4 Å². The average Bonchev–Trinajstić information content (AvgIpc) is 3.32. The van der Waals surface area contributed by atoms with Gasteiger partial charge in [0.15, 0.2) is 0 Å². The van der Waals surface area contributed by atoms with E-state index in [1.807, 2.05) is 18.3 Å². The molecule has 1 atom stereocenters. The monoisotopic (exact) mass is 310 g/mol. The minimum absolute atomic E-state index is 0.512. The van der Waals surface area contributed by atoms with Gasteiger partial charge in [-0.15, -0.1) is 0 Å². The summed E-state index contributed by atoms with van der Waals surface area (Å²) >= 11 is 0. The molecular weight excluding hydrogens is 288 g/mol. The van der Waals surface area contributed by atoms with Crippen molar-refractivity contribution in [3.05, 3.63) is 42.4 Å². The number of anilines is 1. The Morgan fingerprint density at radius 3 is 2.74 bits per heavy atom. The van der Waals surface area contributed by atoms with Crippen molar-refractivity contribution in [3.63, 3.8) is 0 Å². The third-order valence-corrected chi connectivity index (χ3v) is 4.72. The summed E-state index contributed by atoms with van der Waals surface area (Å²) in [5.74, 6) is 3.59. The molecule has 3 heterocycles. The van der Waals surface area contributed by atoms with Crippen LogP contribution in [0.1, 0.15) is 36.8 Å². The quantitative estimate of drug-likeness (QED) is 0.840. The fourth-order valence-electron chi connectivity index (χ4n) is 3.15. The van der Waals surface area contributed by atoms with Crippen molar-refractivity contribution in [2.24, 2.45) is 0 Å². The van der Waals surface area contributed by atoms with Crippen LogP contribution in [0.3, 0.4) is 0 Å². The molecule has 23 heavy (non-hydrogen) atoms. The molecule has 2 fully saturated rings. The summed E-state index contributed by atoms with van der Waals surface area (Å²) in [4.78, 5) is 22.5. The third kappa shape index (κ3) is 3.32. The van der Waals surface area contributed by atoms with Crippen LogP contribution >= 0.6 is 0 Å². The molecule has 4 rings (SSSR count). The van der Waals surface area contributed by atoms with E-state index in [1.165, 1.54) is 12.8 Å². The van der Waals surface area contributed by atoms with E-state index in [0.29, 0.717) is 12.0 Å². The summed E-state index contributed by atoms with van der Waals surface area (Å²) in [7, 11) is 2.15. The SMILES string of the molecule is CN(Cc1ncccn1)[C@H]1CCN(c2ccnc(C3CC3)n2)C1. The standard InChI is InChI=1S/C17H22N6/c1-22(12-15-18-7-2-8-19-15)14-6-10-23(11-14)16-5-9-20-17(21-16)13-3-4-13/h2,5,7-9,13-14H,3-4,6,10-12H2,1H3/t14-/m0/s1. The van der Waals surface area contributed by atoms with Gasteiger partial charge >= 0.3 is 0 Å². The maximum atomic E-state index is 4.77. The molecule has 1 saturated carbocycles. The Bertz CT molecular complexity index is 657. The van der Waals surface area contributed by atoms with Crippen LogP contribution in [0.5, 0.6) is 0 Å². The van der Waals surface area contributed by atoms with E-state index >= 15 is 0 Å². The fourth-order valence-corrected chi connectivity index (χ4v) is 3.15. The molecule has 0 unspecified atom stereocenters. The second kappa shape index (κ2) is 6.20. The molecule has 2 aliphatic rings. The molecule has 0 aromatic carbocycles. The van der Waals surface area contributed by atoms with Gasteiger partial charge in [-0.3, -0.25) is 4.90 Å². The van der Waals surface area contributed by atoms with Gasteiger partial charge in [0.2, 0.25) is 0 Å². The molecule has 0 radical (unpaired) electrons. The van der Waals surface area contributed by atoms with Crippen LogP contribution in [-0.2, 0) is 6.54 Å². The van der Waals surface area contributed by atoms with Gasteiger partial charge in [0.05, 0.1) is 6.54 Å². The minimum atomic E-state index is 0.512. The summed E-state index contributed by atoms with van der Waals surface area (Å²) < 4.78 is 0. The Labute approximate surface area is 136 Å². The molecule has 120 valence electrons. The Morgan fingerprint density at radius 1 is 1.13 bits per heavy atom. The molecule has 1 aliphatic carbocycles. The van der Waals surface area contributed by atoms with E-state index in [4.69, 9.17) is 4.98 Å². The topological polar surface area (TPSA) is 58.0 Å². The van der Waals surface area contributed by atoms with E-state index < -0.39 is 0 Å². The van der Waals surface area contributed by atoms with Crippen LogP contribution in [0.15, 0.2) is 30.7 Å². The van der Waals surface area contributed by atoms with Crippen LogP contribution < -0.4 is 4.90 Å². The molecular formula is C17H22N6. The van der Waals surface area contributed by atoms with Crippen molar-refractivity contribution in [3.8, 4) is 0 Å². The molecule has 0 spiro atoms. The number of likely N-dealkylation sites (N-methyl/N-ethyl adjacent to an activating group) is 1. The summed E-state index contributed by atoms with van der Waals surface area (Å²) in [6.07, 6.45) is 9.14. The first-order valence-electron chi connectivity index (χ1n) is 8.33. The van der Waals surface area contributed by atoms with E-state index in [9.17, 15) is 0 Å². The highest BCUT2D eigenvalue weighted by Crippen LogP contribution is 2.38. The molecule has 6 nitrogen and oxygen atoms in total. The molecule has 0 N–H and O–H groups in total. The smallest absolute Gasteiger partial charge is 0.142 e. The zero-order valence-electron chi connectivity index (χ0n) is 13.5. The first-order chi connectivity index (χ1) is 11.3. The molecule has 6 heteroatoms. The second-order valence-corrected chi connectivity index (χ2v) is 6.52. The van der Waals surface area contributed by atoms with Gasteiger partial charge in [0.25, 0.3) is 0 Å². The molecule has 0 amide bonds. The number of hydrogen-bond donors (Lipinski definition) is 0. The highest BCUT2D eigenvalue weighted by molar-refractivity contribution is 5.40. The molecule has 1 aliphatic heterocycles. The van der Waals surface area contributed by atoms with Crippen molar-refractivity contribution >= 4 is 5.82 Å². The van der Waals surface area contributed by atoms with Crippen LogP contribution in [0.25, 0.3) is 0 Å². The van der Waals surface area contributed by atoms with Crippen molar-refractivity contribution in [1.29, 1.82) is 0 Å². The zero-order chi connectivity index (χ0) is 15.6. The highest BCUT2D eigenvalue weighted by atomic mass is 15.3. The third-order valence-electron chi connectivity index (χ3n) is 4.72. The summed E-state index contributed by atoms with van der Waals surface area (Å²) in [5.41, 5.74) is 0. The molecule has 2 aromatic rings. The van der Waals surface area contributed by atoms with Gasteiger partial charge in [-0.25, -0.2) is 19.9 Å². The maximum Gasteiger partial charge on any atom is 0.142 e. The van der Waals surface area contributed by atoms with Crippen molar-refractivity contribution in [2.45, 2.75) is 37.8 Å². The summed E-state index contributed by atoms with van der Waals surface area (Å²) in [6, 6.07) is 4.40. The predicted octanol–water partition coefficient (Wildman–Crippen LogP) is 1.85. The van der Waals surface area contributed by atoms with E-state index in [1.54, 1.807) is 12.4 Å². The normalized spacial score (nSPS) is 21.1. The number of aromatic nitrogens is 4. The highest BCUT2D eigenvalue weighted by Gasteiger charge is 2.30. The van der Waals surface area contributed by atoms with Gasteiger partial charge in [-0.2, -0.15) is 0 Å². The van der Waals surface area contributed by atoms with Gasteiger partial charge in [0, 0.05) is 43.6 Å². The van der Waals surface area contributed by atoms with Crippen LogP contribution in [0, 0.1) is 0 Å². The Kier molecular flexibility index (Phi) is 3.91. The summed E-state index contributed by atoms with van der Waals surface area (Å²) in [6.45, 7) is 2.84. The lowest BCUT2D eigenvalue weighted by Crippen LogP contribution is -2.34. The first-order valence-corrected chi connectivity index (χ1v) is 8.33. The van der Waals surface area contributed by atoms with Crippen LogP contribution in [0.2, 0.25) is 0 Å². The van der Waals surface area contributed by atoms with Gasteiger partial charge in [0.1, 0.15) is 17.5 Å². The lowest BCUT2D eigenvalue weighted by atomic mass is 10.2. The largest absolute Gasteiger partial charge is 0.355 e. The minimum Gasteiger partial charge on any atom is -0.355 e. The van der Waals surface area contributed by atoms with Crippen molar-refractivity contribution in [2.75, 3.05) is 25.0 Å². The second-order valence-electron chi connectivity index (χ2n) is 6.52. The van der Waals surface area contributed by atoms with E-state index in [-0.39, 0.29) is 0 Å². The molecule has 0 bridgehead atoms. The van der Waals surface area contributed by atoms with Crippen LogP contribution in [-0.4, -0.2) is 51.0 Å². The van der Waals surface area contributed by atoms with Crippen molar-refractivity contribution < 1.29 is 0 Å². The molecule has 1 saturated heterocycles. The molecule has 2 aromatic heterocycles. The van der Waals surface area contributed by atoms with E-state index in [2.05, 4.69) is 31.8 Å². The lowest BCUT2D eigenvalue weighted by Gasteiger charge is -2.24.